The summed E-state index contributed by atoms with van der Waals surface area (Å²) in [5.41, 5.74) is 3.62. The molecule has 2 saturated carbocycles. The summed E-state index contributed by atoms with van der Waals surface area (Å²) in [7, 11) is 0. The van der Waals surface area contributed by atoms with Crippen LogP contribution in [0.2, 0.25) is 0 Å². The lowest BCUT2D eigenvalue weighted by atomic mass is 9.73. The van der Waals surface area contributed by atoms with E-state index in [1.807, 2.05) is 4.90 Å². The first kappa shape index (κ1) is 21.5. The first-order chi connectivity index (χ1) is 15.0. The van der Waals surface area contributed by atoms with E-state index >= 15 is 0 Å². The second-order valence-electron chi connectivity index (χ2n) is 10.5. The highest BCUT2D eigenvalue weighted by atomic mass is 16.6. The van der Waals surface area contributed by atoms with Gasteiger partial charge >= 0.3 is 6.09 Å². The van der Waals surface area contributed by atoms with Gasteiger partial charge in [0.1, 0.15) is 6.10 Å². The van der Waals surface area contributed by atoms with Crippen molar-refractivity contribution in [2.24, 2.45) is 11.8 Å². The molecule has 6 atom stereocenters. The molecule has 5 unspecified atom stereocenters. The van der Waals surface area contributed by atoms with Gasteiger partial charge in [-0.25, -0.2) is 9.80 Å². The van der Waals surface area contributed by atoms with Crippen molar-refractivity contribution in [2.45, 2.75) is 89.1 Å². The van der Waals surface area contributed by atoms with Crippen molar-refractivity contribution in [1.29, 1.82) is 0 Å². The van der Waals surface area contributed by atoms with E-state index in [0.29, 0.717) is 18.4 Å². The Kier molecular flexibility index (Phi) is 6.14. The second-order valence-corrected chi connectivity index (χ2v) is 10.5. The number of amides is 2. The third-order valence-electron chi connectivity index (χ3n) is 8.27. The van der Waals surface area contributed by atoms with E-state index in [-0.39, 0.29) is 36.2 Å². The van der Waals surface area contributed by atoms with E-state index < -0.39 is 0 Å². The van der Waals surface area contributed by atoms with E-state index in [1.165, 1.54) is 12.8 Å². The van der Waals surface area contributed by atoms with Crippen molar-refractivity contribution in [3.05, 3.63) is 0 Å². The highest BCUT2D eigenvalue weighted by Crippen LogP contribution is 2.41. The normalized spacial score (nSPS) is 39.3. The number of hydrogen-bond acceptors (Lipinski definition) is 6. The first-order valence-corrected chi connectivity index (χ1v) is 12.5. The molecule has 174 valence electrons. The second kappa shape index (κ2) is 8.87. The maximum absolute atomic E-state index is 13.3. The SMILES string of the molecule is CC(=O)N1C2CCC(C3CNN(C4CC4)C3)CC2N(C(=O)OC2CCCNC2)C[C@@H]1C. The molecule has 0 aromatic rings. The molecule has 0 radical (unpaired) electrons. The Bertz CT molecular complexity index is 680. The van der Waals surface area contributed by atoms with Gasteiger partial charge in [0.05, 0.1) is 12.1 Å². The minimum Gasteiger partial charge on any atom is -0.445 e. The summed E-state index contributed by atoms with van der Waals surface area (Å²) in [6, 6.07) is 0.952. The lowest BCUT2D eigenvalue weighted by Crippen LogP contribution is -2.67. The lowest BCUT2D eigenvalue weighted by Gasteiger charge is -2.54. The third-order valence-corrected chi connectivity index (χ3v) is 8.27. The number of hydrazine groups is 1. The van der Waals surface area contributed by atoms with Crippen LogP contribution in [-0.4, -0.2) is 89.8 Å². The highest BCUT2D eigenvalue weighted by molar-refractivity contribution is 5.75. The maximum atomic E-state index is 13.3. The van der Waals surface area contributed by atoms with Crippen molar-refractivity contribution >= 4 is 12.0 Å². The quantitative estimate of drug-likeness (QED) is 0.704. The van der Waals surface area contributed by atoms with Crippen LogP contribution in [0.4, 0.5) is 4.79 Å². The first-order valence-electron chi connectivity index (χ1n) is 12.5. The van der Waals surface area contributed by atoms with Gasteiger partial charge in [0, 0.05) is 45.2 Å². The van der Waals surface area contributed by atoms with Gasteiger partial charge in [-0.05, 0) is 70.3 Å². The lowest BCUT2D eigenvalue weighted by molar-refractivity contribution is -0.142. The summed E-state index contributed by atoms with van der Waals surface area (Å²) in [4.78, 5) is 29.8. The molecule has 8 nitrogen and oxygen atoms in total. The smallest absolute Gasteiger partial charge is 0.410 e. The number of rotatable bonds is 3. The molecule has 5 fully saturated rings. The zero-order chi connectivity index (χ0) is 21.5. The average Bonchev–Trinajstić information content (AvgIpc) is 3.49. The van der Waals surface area contributed by atoms with Gasteiger partial charge in [0.25, 0.3) is 0 Å². The minimum atomic E-state index is -0.177. The van der Waals surface area contributed by atoms with Gasteiger partial charge in [-0.2, -0.15) is 0 Å². The van der Waals surface area contributed by atoms with Crippen LogP contribution in [0.3, 0.4) is 0 Å². The number of hydrogen-bond donors (Lipinski definition) is 2. The third kappa shape index (κ3) is 4.44. The van der Waals surface area contributed by atoms with Gasteiger partial charge in [-0.3, -0.25) is 10.2 Å². The van der Waals surface area contributed by atoms with Gasteiger partial charge in [0.15, 0.2) is 0 Å². The summed E-state index contributed by atoms with van der Waals surface area (Å²) in [5.74, 6) is 1.35. The number of carbonyl (C=O) groups excluding carboxylic acids is 2. The highest BCUT2D eigenvalue weighted by Gasteiger charge is 2.49. The molecule has 8 heteroatoms. The van der Waals surface area contributed by atoms with Crippen LogP contribution in [0.25, 0.3) is 0 Å². The fraction of sp³-hybridized carbons (Fsp3) is 0.913. The van der Waals surface area contributed by atoms with Gasteiger partial charge in [0.2, 0.25) is 5.91 Å². The topological polar surface area (TPSA) is 77.2 Å². The van der Waals surface area contributed by atoms with Crippen LogP contribution in [0.5, 0.6) is 0 Å². The van der Waals surface area contributed by atoms with Crippen LogP contribution in [0.15, 0.2) is 0 Å². The molecular formula is C23H39N5O3. The monoisotopic (exact) mass is 433 g/mol. The Morgan fingerprint density at radius 2 is 1.81 bits per heavy atom. The zero-order valence-electron chi connectivity index (χ0n) is 19.1. The number of fused-ring (bicyclic) bond motifs is 1. The molecule has 0 aromatic heterocycles. The molecule has 2 aliphatic carbocycles. The number of ether oxygens (including phenoxy) is 1. The van der Waals surface area contributed by atoms with Crippen molar-refractivity contribution < 1.29 is 14.3 Å². The molecule has 3 heterocycles. The summed E-state index contributed by atoms with van der Waals surface area (Å²) in [6.45, 7) is 8.24. The van der Waals surface area contributed by atoms with Crippen molar-refractivity contribution in [1.82, 2.24) is 25.6 Å². The Morgan fingerprint density at radius 3 is 2.52 bits per heavy atom. The van der Waals surface area contributed by atoms with Crippen LogP contribution < -0.4 is 10.7 Å². The molecule has 0 aromatic carbocycles. The van der Waals surface area contributed by atoms with E-state index in [0.717, 1.165) is 64.3 Å². The summed E-state index contributed by atoms with van der Waals surface area (Å²) < 4.78 is 5.94. The predicted octanol–water partition coefficient (Wildman–Crippen LogP) is 1.56. The predicted molar refractivity (Wildman–Crippen MR) is 117 cm³/mol. The Morgan fingerprint density at radius 1 is 0.968 bits per heavy atom. The van der Waals surface area contributed by atoms with Crippen molar-refractivity contribution in [3.63, 3.8) is 0 Å². The van der Waals surface area contributed by atoms with Crippen molar-refractivity contribution in [2.75, 3.05) is 32.7 Å². The van der Waals surface area contributed by atoms with E-state index in [9.17, 15) is 9.59 Å². The molecule has 0 bridgehead atoms. The number of carbonyl (C=O) groups is 2. The molecule has 31 heavy (non-hydrogen) atoms. The molecule has 3 saturated heterocycles. The fourth-order valence-electron chi connectivity index (χ4n) is 6.57. The largest absolute Gasteiger partial charge is 0.445 e. The molecule has 3 aliphatic heterocycles. The van der Waals surface area contributed by atoms with Crippen LogP contribution in [0.1, 0.15) is 58.8 Å². The minimum absolute atomic E-state index is 0.0332. The molecule has 2 N–H and O–H groups in total. The molecular weight excluding hydrogens is 394 g/mol. The number of piperidine rings is 1. The van der Waals surface area contributed by atoms with Crippen LogP contribution in [0, 0.1) is 11.8 Å². The van der Waals surface area contributed by atoms with E-state index in [1.54, 1.807) is 6.92 Å². The van der Waals surface area contributed by atoms with Crippen LogP contribution in [-0.2, 0) is 9.53 Å². The van der Waals surface area contributed by atoms with E-state index in [4.69, 9.17) is 4.74 Å². The molecule has 5 aliphatic rings. The number of piperazine rings is 1. The Hall–Kier alpha value is -1.38. The van der Waals surface area contributed by atoms with Crippen LogP contribution >= 0.6 is 0 Å². The van der Waals surface area contributed by atoms with Gasteiger partial charge in [-0.1, -0.05) is 0 Å². The molecule has 5 rings (SSSR count). The standard InChI is InChI=1S/C23H39N5O3/c1-15-13-26(23(30)31-20-4-3-9-24-12-20)22-10-17(5-8-21(22)28(15)16(2)29)18-11-25-27(14-18)19-6-7-19/h15,17-22,24-25H,3-14H2,1-2H3/t15-,17?,18?,20?,21?,22?/m0/s1. The molecule has 0 spiro atoms. The number of nitrogens with one attached hydrogen (secondary N) is 2. The molecule has 2 amide bonds. The maximum Gasteiger partial charge on any atom is 0.410 e. The van der Waals surface area contributed by atoms with Gasteiger partial charge in [-0.15, -0.1) is 0 Å². The van der Waals surface area contributed by atoms with Gasteiger partial charge < -0.3 is 19.9 Å². The van der Waals surface area contributed by atoms with Crippen molar-refractivity contribution in [3.8, 4) is 0 Å². The number of nitrogens with zero attached hydrogens (tertiary/aromatic N) is 3. The summed E-state index contributed by atoms with van der Waals surface area (Å²) in [5, 5.41) is 5.78. The Balaban J connectivity index is 1.30. The Labute approximate surface area is 186 Å². The summed E-state index contributed by atoms with van der Waals surface area (Å²) >= 11 is 0. The average molecular weight is 434 g/mol. The zero-order valence-corrected chi connectivity index (χ0v) is 19.1. The fourth-order valence-corrected chi connectivity index (χ4v) is 6.57. The summed E-state index contributed by atoms with van der Waals surface area (Å²) in [6.07, 6.45) is 7.49. The van der Waals surface area contributed by atoms with E-state index in [2.05, 4.69) is 27.6 Å².